The fraction of sp³-hybridized carbons (Fsp3) is 0.105. The van der Waals surface area contributed by atoms with Crippen LogP contribution in [0, 0.1) is 13.8 Å². The number of carbonyl (C=O) groups is 1. The summed E-state index contributed by atoms with van der Waals surface area (Å²) in [4.78, 5) is 32.4. The van der Waals surface area contributed by atoms with Crippen molar-refractivity contribution < 1.29 is 9.21 Å². The topological polar surface area (TPSA) is 88.0 Å². The number of amides is 1. The summed E-state index contributed by atoms with van der Waals surface area (Å²) >= 11 is 1.30. The largest absolute Gasteiger partial charge is 0.466 e. The molecule has 1 amide bonds. The van der Waals surface area contributed by atoms with E-state index in [0.29, 0.717) is 16.0 Å². The number of benzene rings is 1. The van der Waals surface area contributed by atoms with Gasteiger partial charge in [-0.25, -0.2) is 4.98 Å². The van der Waals surface area contributed by atoms with Crippen molar-refractivity contribution in [3.8, 4) is 11.3 Å². The molecule has 0 aliphatic carbocycles. The monoisotopic (exact) mass is 365 g/mol. The van der Waals surface area contributed by atoms with Crippen LogP contribution in [-0.4, -0.2) is 15.9 Å². The zero-order valence-corrected chi connectivity index (χ0v) is 14.9. The summed E-state index contributed by atoms with van der Waals surface area (Å²) in [7, 11) is 0. The number of para-hydroxylation sites is 1. The molecule has 130 valence electrons. The summed E-state index contributed by atoms with van der Waals surface area (Å²) in [5.41, 5.74) is 2.05. The number of pyridine rings is 1. The first-order valence-corrected chi connectivity index (χ1v) is 8.85. The van der Waals surface area contributed by atoms with Crippen molar-refractivity contribution in [3.05, 3.63) is 69.2 Å². The van der Waals surface area contributed by atoms with Crippen LogP contribution >= 0.6 is 11.3 Å². The standard InChI is InChI=1S/C19H15N3O3S/c1-10-7-13(11(2)25-10)16-9-26-19(21-16)22-18(24)14-8-20-15-6-4-3-5-12(15)17(14)23/h3-9H,1-2H3,(H,20,23)(H,21,22,24). The molecule has 4 rings (SSSR count). The molecule has 4 aromatic rings. The van der Waals surface area contributed by atoms with Crippen molar-refractivity contribution in [1.82, 2.24) is 9.97 Å². The highest BCUT2D eigenvalue weighted by Gasteiger charge is 2.16. The molecule has 0 atom stereocenters. The van der Waals surface area contributed by atoms with Gasteiger partial charge in [0.25, 0.3) is 5.91 Å². The quantitative estimate of drug-likeness (QED) is 0.572. The summed E-state index contributed by atoms with van der Waals surface area (Å²) in [6.07, 6.45) is 1.43. The fourth-order valence-electron chi connectivity index (χ4n) is 2.84. The van der Waals surface area contributed by atoms with E-state index in [0.717, 1.165) is 22.8 Å². The maximum Gasteiger partial charge on any atom is 0.262 e. The number of nitrogens with one attached hydrogen (secondary N) is 2. The van der Waals surface area contributed by atoms with Gasteiger partial charge in [-0.05, 0) is 32.0 Å². The van der Waals surface area contributed by atoms with Crippen LogP contribution in [0.1, 0.15) is 21.9 Å². The molecule has 0 aliphatic heterocycles. The van der Waals surface area contributed by atoms with Crippen LogP contribution in [0.3, 0.4) is 0 Å². The molecule has 26 heavy (non-hydrogen) atoms. The van der Waals surface area contributed by atoms with Crippen molar-refractivity contribution in [2.45, 2.75) is 13.8 Å². The second-order valence-electron chi connectivity index (χ2n) is 5.90. The molecule has 7 heteroatoms. The maximum absolute atomic E-state index is 12.5. The minimum absolute atomic E-state index is 0.0517. The second kappa shape index (κ2) is 6.27. The number of aromatic nitrogens is 2. The molecule has 0 aliphatic rings. The highest BCUT2D eigenvalue weighted by Crippen LogP contribution is 2.29. The van der Waals surface area contributed by atoms with Crippen LogP contribution < -0.4 is 10.7 Å². The molecule has 0 spiro atoms. The summed E-state index contributed by atoms with van der Waals surface area (Å²) < 4.78 is 5.52. The summed E-state index contributed by atoms with van der Waals surface area (Å²) in [5, 5.41) is 5.45. The van der Waals surface area contributed by atoms with E-state index in [2.05, 4.69) is 15.3 Å². The Morgan fingerprint density at radius 3 is 2.85 bits per heavy atom. The number of fused-ring (bicyclic) bond motifs is 1. The Morgan fingerprint density at radius 2 is 2.08 bits per heavy atom. The Bertz CT molecular complexity index is 1190. The predicted octanol–water partition coefficient (Wildman–Crippen LogP) is 4.11. The molecule has 3 aromatic heterocycles. The first-order valence-electron chi connectivity index (χ1n) is 7.97. The third kappa shape index (κ3) is 2.82. The number of H-pyrrole nitrogens is 1. The fourth-order valence-corrected chi connectivity index (χ4v) is 3.55. The number of nitrogens with zero attached hydrogens (tertiary/aromatic N) is 1. The number of thiazole rings is 1. The van der Waals surface area contributed by atoms with Gasteiger partial charge in [0.05, 0.1) is 5.69 Å². The average molecular weight is 365 g/mol. The van der Waals surface area contributed by atoms with Gasteiger partial charge >= 0.3 is 0 Å². The van der Waals surface area contributed by atoms with E-state index >= 15 is 0 Å². The van der Waals surface area contributed by atoms with E-state index in [4.69, 9.17) is 4.42 Å². The van der Waals surface area contributed by atoms with E-state index in [9.17, 15) is 9.59 Å². The summed E-state index contributed by atoms with van der Waals surface area (Å²) in [6, 6.07) is 8.98. The van der Waals surface area contributed by atoms with Gasteiger partial charge in [-0.15, -0.1) is 11.3 Å². The van der Waals surface area contributed by atoms with Gasteiger partial charge in [0, 0.05) is 28.0 Å². The number of aryl methyl sites for hydroxylation is 2. The minimum atomic E-state index is -0.488. The van der Waals surface area contributed by atoms with Gasteiger partial charge in [-0.1, -0.05) is 12.1 Å². The van der Waals surface area contributed by atoms with Gasteiger partial charge in [-0.3, -0.25) is 14.9 Å². The van der Waals surface area contributed by atoms with Crippen LogP contribution in [0.4, 0.5) is 5.13 Å². The molecule has 0 saturated carbocycles. The van der Waals surface area contributed by atoms with Crippen molar-refractivity contribution in [3.63, 3.8) is 0 Å². The Morgan fingerprint density at radius 1 is 1.27 bits per heavy atom. The third-order valence-corrected chi connectivity index (χ3v) is 4.83. The zero-order chi connectivity index (χ0) is 18.3. The lowest BCUT2D eigenvalue weighted by atomic mass is 10.1. The highest BCUT2D eigenvalue weighted by atomic mass is 32.1. The van der Waals surface area contributed by atoms with Crippen LogP contribution in [0.5, 0.6) is 0 Å². The number of hydrogen-bond donors (Lipinski definition) is 2. The average Bonchev–Trinajstić information content (AvgIpc) is 3.21. The SMILES string of the molecule is Cc1cc(-c2csc(NC(=O)c3c[nH]c4ccccc4c3=O)n2)c(C)o1. The minimum Gasteiger partial charge on any atom is -0.466 e. The number of anilines is 1. The summed E-state index contributed by atoms with van der Waals surface area (Å²) in [5.74, 6) is 1.09. The van der Waals surface area contributed by atoms with E-state index in [1.54, 1.807) is 18.2 Å². The van der Waals surface area contributed by atoms with Crippen molar-refractivity contribution in [2.75, 3.05) is 5.32 Å². The van der Waals surface area contributed by atoms with Crippen LogP contribution in [0.15, 0.2) is 51.1 Å². The number of furan rings is 1. The first kappa shape index (κ1) is 16.3. The molecule has 0 fully saturated rings. The summed E-state index contributed by atoms with van der Waals surface area (Å²) in [6.45, 7) is 3.74. The Hall–Kier alpha value is -3.19. The Kier molecular flexibility index (Phi) is 3.93. The lowest BCUT2D eigenvalue weighted by Crippen LogP contribution is -2.21. The number of aromatic amines is 1. The van der Waals surface area contributed by atoms with E-state index in [1.165, 1.54) is 17.5 Å². The molecule has 1 aromatic carbocycles. The maximum atomic E-state index is 12.5. The highest BCUT2D eigenvalue weighted by molar-refractivity contribution is 7.14. The van der Waals surface area contributed by atoms with Crippen LogP contribution in [0.25, 0.3) is 22.2 Å². The van der Waals surface area contributed by atoms with Crippen molar-refractivity contribution >= 4 is 33.3 Å². The van der Waals surface area contributed by atoms with E-state index in [1.807, 2.05) is 31.4 Å². The molecular formula is C19H15N3O3S. The van der Waals surface area contributed by atoms with Crippen LogP contribution in [0.2, 0.25) is 0 Å². The molecule has 0 bridgehead atoms. The van der Waals surface area contributed by atoms with Gasteiger partial charge in [0.2, 0.25) is 5.43 Å². The lowest BCUT2D eigenvalue weighted by Gasteiger charge is -2.03. The van der Waals surface area contributed by atoms with Gasteiger partial charge in [-0.2, -0.15) is 0 Å². The molecule has 0 radical (unpaired) electrons. The Labute approximate surface area is 152 Å². The first-order chi connectivity index (χ1) is 12.5. The van der Waals surface area contributed by atoms with E-state index in [-0.39, 0.29) is 11.0 Å². The molecule has 2 N–H and O–H groups in total. The van der Waals surface area contributed by atoms with Crippen molar-refractivity contribution in [2.24, 2.45) is 0 Å². The number of hydrogen-bond acceptors (Lipinski definition) is 5. The zero-order valence-electron chi connectivity index (χ0n) is 14.1. The van der Waals surface area contributed by atoms with Crippen molar-refractivity contribution in [1.29, 1.82) is 0 Å². The van der Waals surface area contributed by atoms with Gasteiger partial charge < -0.3 is 9.40 Å². The third-order valence-electron chi connectivity index (χ3n) is 4.07. The number of rotatable bonds is 3. The Balaban J connectivity index is 1.62. The van der Waals surface area contributed by atoms with E-state index < -0.39 is 5.91 Å². The number of carbonyl (C=O) groups excluding carboxylic acids is 1. The normalized spacial score (nSPS) is 11.0. The molecular weight excluding hydrogens is 350 g/mol. The lowest BCUT2D eigenvalue weighted by molar-refractivity contribution is 0.102. The van der Waals surface area contributed by atoms with Gasteiger partial charge in [0.1, 0.15) is 17.1 Å². The molecule has 3 heterocycles. The van der Waals surface area contributed by atoms with Gasteiger partial charge in [0.15, 0.2) is 5.13 Å². The molecule has 6 nitrogen and oxygen atoms in total. The van der Waals surface area contributed by atoms with Crippen LogP contribution in [-0.2, 0) is 0 Å². The second-order valence-corrected chi connectivity index (χ2v) is 6.75. The molecule has 0 unspecified atom stereocenters. The smallest absolute Gasteiger partial charge is 0.262 e. The predicted molar refractivity (Wildman–Crippen MR) is 102 cm³/mol. The molecule has 0 saturated heterocycles.